The average Bonchev–Trinajstić information content (AvgIpc) is 3.54. The molecule has 1 fully saturated rings. The van der Waals surface area contributed by atoms with Crippen LogP contribution in [0.25, 0.3) is 22.5 Å². The predicted molar refractivity (Wildman–Crippen MR) is 242 cm³/mol. The Morgan fingerprint density at radius 1 is 0.508 bits per heavy atom. The standard InChI is InChI=1S/C39H50N4O6.2C4H4O4/c1-44-34-24-30(25-35(45-2)38(34)48-5)32-22-28(12-14-40-32)10-7-16-42-18-9-19-43(21-20-42)17-8-11-29-13-15-41-33(23-29)31-26-36(46-3)39(49-6)37(27-31)47-4;2*5-3(6)1-2-4(7)8/h12-15,22-27H,7-11,16-21H2,1-6H3;2*1-2H,(H,5,6)(H,7,8). The minimum absolute atomic E-state index is 0.558. The van der Waals surface area contributed by atoms with Gasteiger partial charge in [-0.25, -0.2) is 19.2 Å². The third-order valence-electron chi connectivity index (χ3n) is 9.87. The molecule has 0 atom stereocenters. The van der Waals surface area contributed by atoms with Gasteiger partial charge >= 0.3 is 23.9 Å². The Balaban J connectivity index is 0.000000596. The second-order valence-corrected chi connectivity index (χ2v) is 14.2. The Morgan fingerprint density at radius 3 is 1.11 bits per heavy atom. The van der Waals surface area contributed by atoms with E-state index in [2.05, 4.69) is 44.0 Å². The van der Waals surface area contributed by atoms with Gasteiger partial charge in [-0.2, -0.15) is 0 Å². The summed E-state index contributed by atoms with van der Waals surface area (Å²) in [6.07, 6.45) is 11.4. The normalized spacial score (nSPS) is 12.8. The van der Waals surface area contributed by atoms with Crippen LogP contribution in [-0.4, -0.2) is 146 Å². The van der Waals surface area contributed by atoms with Crippen molar-refractivity contribution in [2.24, 2.45) is 0 Å². The first kappa shape index (κ1) is 52.2. The van der Waals surface area contributed by atoms with Gasteiger partial charge < -0.3 is 58.6 Å². The van der Waals surface area contributed by atoms with Crippen LogP contribution < -0.4 is 28.4 Å². The molecule has 1 saturated heterocycles. The summed E-state index contributed by atoms with van der Waals surface area (Å²) in [5.41, 5.74) is 6.22. The lowest BCUT2D eigenvalue weighted by Crippen LogP contribution is -2.32. The van der Waals surface area contributed by atoms with Crippen molar-refractivity contribution in [2.45, 2.75) is 32.1 Å². The average molecular weight is 903 g/mol. The lowest BCUT2D eigenvalue weighted by Gasteiger charge is -2.22. The number of carbonyl (C=O) groups is 4. The minimum Gasteiger partial charge on any atom is -0.493 e. The van der Waals surface area contributed by atoms with Crippen LogP contribution in [0.2, 0.25) is 0 Å². The van der Waals surface area contributed by atoms with Gasteiger partial charge in [-0.3, -0.25) is 9.97 Å². The van der Waals surface area contributed by atoms with E-state index in [1.165, 1.54) is 17.5 Å². The highest BCUT2D eigenvalue weighted by Crippen LogP contribution is 2.42. The number of benzene rings is 2. The molecule has 0 amide bonds. The van der Waals surface area contributed by atoms with Gasteiger partial charge in [0.05, 0.1) is 54.0 Å². The van der Waals surface area contributed by atoms with E-state index >= 15 is 0 Å². The van der Waals surface area contributed by atoms with Crippen LogP contribution in [0.1, 0.15) is 30.4 Å². The van der Waals surface area contributed by atoms with Gasteiger partial charge in [0.1, 0.15) is 0 Å². The number of aryl methyl sites for hydroxylation is 2. The van der Waals surface area contributed by atoms with E-state index in [4.69, 9.17) is 48.8 Å². The molecular formula is C47H58N4O14. The molecule has 1 aliphatic heterocycles. The molecule has 0 bridgehead atoms. The third kappa shape index (κ3) is 17.8. The molecule has 2 aromatic heterocycles. The van der Waals surface area contributed by atoms with Gasteiger partial charge in [-0.05, 0) is 118 Å². The van der Waals surface area contributed by atoms with Gasteiger partial charge in [-0.1, -0.05) is 0 Å². The van der Waals surface area contributed by atoms with E-state index in [-0.39, 0.29) is 0 Å². The van der Waals surface area contributed by atoms with Crippen molar-refractivity contribution >= 4 is 23.9 Å². The maximum atomic E-state index is 9.55. The summed E-state index contributed by atoms with van der Waals surface area (Å²) in [6.45, 7) is 6.69. The number of carboxylic acid groups (broad SMARTS) is 4. The fourth-order valence-corrected chi connectivity index (χ4v) is 6.80. The molecule has 18 heteroatoms. The highest BCUT2D eigenvalue weighted by Gasteiger charge is 2.18. The van der Waals surface area contributed by atoms with Crippen LogP contribution in [0, 0.1) is 0 Å². The molecule has 350 valence electrons. The van der Waals surface area contributed by atoms with Crippen molar-refractivity contribution in [2.75, 3.05) is 81.9 Å². The number of methoxy groups -OCH3 is 6. The Morgan fingerprint density at radius 2 is 0.831 bits per heavy atom. The molecule has 0 spiro atoms. The van der Waals surface area contributed by atoms with Crippen LogP contribution in [0.15, 0.2) is 85.2 Å². The van der Waals surface area contributed by atoms with Gasteiger partial charge in [0.25, 0.3) is 0 Å². The molecule has 3 heterocycles. The number of aromatic nitrogens is 2. The molecule has 4 aromatic rings. The van der Waals surface area contributed by atoms with Gasteiger partial charge in [0, 0.05) is 60.9 Å². The van der Waals surface area contributed by atoms with Crippen molar-refractivity contribution in [3.8, 4) is 57.0 Å². The first-order chi connectivity index (χ1) is 31.2. The van der Waals surface area contributed by atoms with Crippen LogP contribution >= 0.6 is 0 Å². The number of carboxylic acids is 4. The Hall–Kier alpha value is -7.18. The molecule has 2 aromatic carbocycles. The summed E-state index contributed by atoms with van der Waals surface area (Å²) in [6, 6.07) is 16.4. The van der Waals surface area contributed by atoms with E-state index in [0.717, 1.165) is 87.5 Å². The summed E-state index contributed by atoms with van der Waals surface area (Å²) in [4.78, 5) is 52.7. The highest BCUT2D eigenvalue weighted by atomic mass is 16.5. The summed E-state index contributed by atoms with van der Waals surface area (Å²) in [5.74, 6) is -1.37. The molecule has 0 aliphatic carbocycles. The number of rotatable bonds is 20. The van der Waals surface area contributed by atoms with Crippen molar-refractivity contribution in [3.05, 3.63) is 96.4 Å². The first-order valence-corrected chi connectivity index (χ1v) is 20.5. The van der Waals surface area contributed by atoms with Crippen molar-refractivity contribution in [1.82, 2.24) is 19.8 Å². The van der Waals surface area contributed by atoms with E-state index < -0.39 is 23.9 Å². The lowest BCUT2D eigenvalue weighted by molar-refractivity contribution is -0.134. The number of ether oxygens (including phenoxy) is 6. The molecule has 0 saturated carbocycles. The van der Waals surface area contributed by atoms with Crippen molar-refractivity contribution in [1.29, 1.82) is 0 Å². The second-order valence-electron chi connectivity index (χ2n) is 14.2. The van der Waals surface area contributed by atoms with Gasteiger partial charge in [0.2, 0.25) is 11.5 Å². The van der Waals surface area contributed by atoms with Crippen LogP contribution in [0.3, 0.4) is 0 Å². The summed E-state index contributed by atoms with van der Waals surface area (Å²) < 4.78 is 33.2. The zero-order chi connectivity index (χ0) is 47.7. The quantitative estimate of drug-likeness (QED) is 0.0760. The number of pyridine rings is 2. The fourth-order valence-electron chi connectivity index (χ4n) is 6.80. The molecule has 0 unspecified atom stereocenters. The molecule has 65 heavy (non-hydrogen) atoms. The topological polar surface area (TPSA) is 237 Å². The third-order valence-corrected chi connectivity index (χ3v) is 9.87. The van der Waals surface area contributed by atoms with E-state index in [1.54, 1.807) is 42.7 Å². The Labute approximate surface area is 378 Å². The summed E-state index contributed by atoms with van der Waals surface area (Å²) in [5, 5.41) is 31.2. The predicted octanol–water partition coefficient (Wildman–Crippen LogP) is 5.86. The fraction of sp³-hybridized carbons (Fsp3) is 0.362. The molecule has 5 rings (SSSR count). The monoisotopic (exact) mass is 902 g/mol. The van der Waals surface area contributed by atoms with Crippen LogP contribution in [-0.2, 0) is 32.0 Å². The maximum absolute atomic E-state index is 9.55. The van der Waals surface area contributed by atoms with E-state index in [0.29, 0.717) is 58.8 Å². The SMILES string of the molecule is COc1cc(-c2cc(CCCN3CCCN(CCCc4ccnc(-c5cc(OC)c(OC)c(OC)c5)c4)CC3)ccn2)cc(OC)c1OC.O=C(O)C=CC(=O)O.O=C(O)C=CC(=O)O. The van der Waals surface area contributed by atoms with Crippen molar-refractivity contribution < 1.29 is 68.0 Å². The molecule has 4 N–H and O–H groups in total. The summed E-state index contributed by atoms with van der Waals surface area (Å²) >= 11 is 0. The number of hydrogen-bond donors (Lipinski definition) is 4. The zero-order valence-electron chi connectivity index (χ0n) is 37.5. The summed E-state index contributed by atoms with van der Waals surface area (Å²) in [7, 11) is 9.75. The van der Waals surface area contributed by atoms with Crippen LogP contribution in [0.4, 0.5) is 0 Å². The van der Waals surface area contributed by atoms with E-state index in [9.17, 15) is 19.2 Å². The second kappa shape index (κ2) is 27.8. The molecule has 0 radical (unpaired) electrons. The Bertz CT molecular complexity index is 2010. The van der Waals surface area contributed by atoms with E-state index in [1.807, 2.05) is 36.7 Å². The zero-order valence-corrected chi connectivity index (χ0v) is 37.5. The van der Waals surface area contributed by atoms with Gasteiger partial charge in [-0.15, -0.1) is 0 Å². The number of hydrogen-bond acceptors (Lipinski definition) is 14. The molecule has 1 aliphatic rings. The first-order valence-electron chi connectivity index (χ1n) is 20.5. The highest BCUT2D eigenvalue weighted by molar-refractivity contribution is 5.90. The molecule has 18 nitrogen and oxygen atoms in total. The smallest absolute Gasteiger partial charge is 0.328 e. The molecular weight excluding hydrogens is 845 g/mol. The van der Waals surface area contributed by atoms with Crippen LogP contribution in [0.5, 0.6) is 34.5 Å². The lowest BCUT2D eigenvalue weighted by atomic mass is 10.0. The largest absolute Gasteiger partial charge is 0.493 e. The van der Waals surface area contributed by atoms with Gasteiger partial charge in [0.15, 0.2) is 23.0 Å². The Kier molecular flexibility index (Phi) is 22.3. The minimum atomic E-state index is -1.26. The maximum Gasteiger partial charge on any atom is 0.328 e. The van der Waals surface area contributed by atoms with Crippen molar-refractivity contribution in [3.63, 3.8) is 0 Å². The number of aliphatic carboxylic acids is 4. The number of nitrogens with zero attached hydrogens (tertiary/aromatic N) is 4.